The molecule has 7 heteroatoms. The second-order valence-corrected chi connectivity index (χ2v) is 8.59. The molecule has 0 radical (unpaired) electrons. The second-order valence-electron chi connectivity index (χ2n) is 6.82. The van der Waals surface area contributed by atoms with Crippen molar-refractivity contribution in [1.29, 1.82) is 0 Å². The number of carbonyl (C=O) groups excluding carboxylic acids is 1. The lowest BCUT2D eigenvalue weighted by Gasteiger charge is -2.22. The number of rotatable bonds is 6. The van der Waals surface area contributed by atoms with Gasteiger partial charge in [0.05, 0.1) is 11.0 Å². The van der Waals surface area contributed by atoms with Gasteiger partial charge in [-0.05, 0) is 43.9 Å². The Morgan fingerprint density at radius 3 is 2.64 bits per heavy atom. The molecule has 0 unspecified atom stereocenters. The minimum atomic E-state index is -3.65. The van der Waals surface area contributed by atoms with Gasteiger partial charge in [0.25, 0.3) is 5.91 Å². The van der Waals surface area contributed by atoms with Crippen LogP contribution in [0.4, 0.5) is 0 Å². The Balaban J connectivity index is 1.63. The van der Waals surface area contributed by atoms with Gasteiger partial charge in [0.15, 0.2) is 0 Å². The van der Waals surface area contributed by atoms with Crippen LogP contribution in [-0.4, -0.2) is 39.6 Å². The third kappa shape index (κ3) is 5.03. The first-order valence-electron chi connectivity index (χ1n) is 9.07. The van der Waals surface area contributed by atoms with Gasteiger partial charge in [0.1, 0.15) is 0 Å². The highest BCUT2D eigenvalue weighted by Crippen LogP contribution is 2.19. The summed E-state index contributed by atoms with van der Waals surface area (Å²) in [6, 6.07) is 6.40. The molecule has 138 valence electrons. The minimum absolute atomic E-state index is 0.0624. The predicted molar refractivity (Wildman–Crippen MR) is 94.9 cm³/mol. The van der Waals surface area contributed by atoms with Gasteiger partial charge in [-0.25, -0.2) is 13.1 Å². The number of nitrogens with one attached hydrogen (secondary N) is 2. The van der Waals surface area contributed by atoms with Crippen LogP contribution in [0.2, 0.25) is 0 Å². The fourth-order valence-electron chi connectivity index (χ4n) is 3.41. The summed E-state index contributed by atoms with van der Waals surface area (Å²) in [6.45, 7) is 0.948. The summed E-state index contributed by atoms with van der Waals surface area (Å²) in [5.74, 6) is -0.205. The molecule has 0 spiro atoms. The third-order valence-corrected chi connectivity index (χ3v) is 6.29. The predicted octanol–water partition coefficient (Wildman–Crippen LogP) is 2.21. The molecule has 1 aromatic carbocycles. The maximum absolute atomic E-state index is 12.5. The smallest absolute Gasteiger partial charge is 0.251 e. The molecule has 1 amide bonds. The summed E-state index contributed by atoms with van der Waals surface area (Å²) >= 11 is 0. The van der Waals surface area contributed by atoms with E-state index in [0.717, 1.165) is 38.5 Å². The van der Waals surface area contributed by atoms with Gasteiger partial charge in [-0.3, -0.25) is 4.79 Å². The van der Waals surface area contributed by atoms with Gasteiger partial charge >= 0.3 is 0 Å². The lowest BCUT2D eigenvalue weighted by Crippen LogP contribution is -2.36. The maximum Gasteiger partial charge on any atom is 0.251 e. The zero-order valence-electron chi connectivity index (χ0n) is 14.4. The molecule has 1 saturated heterocycles. The number of carbonyl (C=O) groups is 1. The highest BCUT2D eigenvalue weighted by Gasteiger charge is 2.22. The zero-order valence-corrected chi connectivity index (χ0v) is 15.2. The number of hydrogen-bond donors (Lipinski definition) is 2. The minimum Gasteiger partial charge on any atom is -0.377 e. The number of benzene rings is 1. The summed E-state index contributed by atoms with van der Waals surface area (Å²) in [7, 11) is -3.65. The molecule has 0 bridgehead atoms. The fourth-order valence-corrected chi connectivity index (χ4v) is 4.52. The van der Waals surface area contributed by atoms with Gasteiger partial charge in [0.2, 0.25) is 10.0 Å². The average molecular weight is 366 g/mol. The molecular weight excluding hydrogens is 340 g/mol. The van der Waals surface area contributed by atoms with Crippen molar-refractivity contribution in [3.05, 3.63) is 29.8 Å². The first-order valence-corrected chi connectivity index (χ1v) is 10.5. The molecule has 1 saturated carbocycles. The second kappa shape index (κ2) is 8.29. The van der Waals surface area contributed by atoms with Crippen LogP contribution in [-0.2, 0) is 14.8 Å². The van der Waals surface area contributed by atoms with Gasteiger partial charge < -0.3 is 10.1 Å². The standard InChI is InChI=1S/C18H26N2O4S/c21-18(20-15-7-2-1-3-8-15)14-6-4-10-17(12-14)25(22,23)19-13-16-9-5-11-24-16/h4,6,10,12,15-16,19H,1-3,5,7-9,11,13H2,(H,20,21)/t16-/m0/s1. The number of sulfonamides is 1. The van der Waals surface area contributed by atoms with Crippen LogP contribution in [0.5, 0.6) is 0 Å². The van der Waals surface area contributed by atoms with E-state index in [4.69, 9.17) is 4.74 Å². The molecule has 1 aromatic rings. The summed E-state index contributed by atoms with van der Waals surface area (Å²) in [6.07, 6.45) is 7.23. The molecule has 1 aliphatic carbocycles. The third-order valence-electron chi connectivity index (χ3n) is 4.87. The van der Waals surface area contributed by atoms with Crippen molar-refractivity contribution in [2.45, 2.75) is 62.0 Å². The Morgan fingerprint density at radius 1 is 1.12 bits per heavy atom. The molecule has 6 nitrogen and oxygen atoms in total. The molecule has 2 fully saturated rings. The molecule has 0 aromatic heterocycles. The maximum atomic E-state index is 12.5. The van der Waals surface area contributed by atoms with Crippen LogP contribution >= 0.6 is 0 Å². The summed E-state index contributed by atoms with van der Waals surface area (Å²) in [5, 5.41) is 3.02. The van der Waals surface area contributed by atoms with Crippen molar-refractivity contribution in [3.8, 4) is 0 Å². The monoisotopic (exact) mass is 366 g/mol. The highest BCUT2D eigenvalue weighted by molar-refractivity contribution is 7.89. The first-order chi connectivity index (χ1) is 12.0. The Hall–Kier alpha value is -1.44. The summed E-state index contributed by atoms with van der Waals surface area (Å²) in [4.78, 5) is 12.5. The van der Waals surface area contributed by atoms with Crippen LogP contribution in [0.3, 0.4) is 0 Å². The SMILES string of the molecule is O=C(NC1CCCCC1)c1cccc(S(=O)(=O)NC[C@@H]2CCCO2)c1. The largest absolute Gasteiger partial charge is 0.377 e. The molecule has 1 heterocycles. The van der Waals surface area contributed by atoms with E-state index in [-0.39, 0.29) is 29.5 Å². The van der Waals surface area contributed by atoms with Crippen LogP contribution in [0.15, 0.2) is 29.2 Å². The quantitative estimate of drug-likeness (QED) is 0.808. The summed E-state index contributed by atoms with van der Waals surface area (Å²) < 4.78 is 32.9. The van der Waals surface area contributed by atoms with Crippen molar-refractivity contribution in [3.63, 3.8) is 0 Å². The van der Waals surface area contributed by atoms with Crippen LogP contribution in [0.1, 0.15) is 55.3 Å². The van der Waals surface area contributed by atoms with E-state index >= 15 is 0 Å². The Labute approximate surface area is 149 Å². The molecular formula is C18H26N2O4S. The van der Waals surface area contributed by atoms with E-state index in [1.165, 1.54) is 18.6 Å². The van der Waals surface area contributed by atoms with E-state index in [2.05, 4.69) is 10.0 Å². The van der Waals surface area contributed by atoms with Crippen molar-refractivity contribution < 1.29 is 17.9 Å². The van der Waals surface area contributed by atoms with E-state index < -0.39 is 10.0 Å². The van der Waals surface area contributed by atoms with E-state index in [1.807, 2.05) is 0 Å². The van der Waals surface area contributed by atoms with Gasteiger partial charge in [-0.1, -0.05) is 25.3 Å². The van der Waals surface area contributed by atoms with E-state index in [0.29, 0.717) is 12.2 Å². The molecule has 1 aliphatic heterocycles. The lowest BCUT2D eigenvalue weighted by molar-refractivity contribution is 0.0927. The lowest BCUT2D eigenvalue weighted by atomic mass is 9.95. The number of ether oxygens (including phenoxy) is 1. The van der Waals surface area contributed by atoms with Crippen LogP contribution in [0.25, 0.3) is 0 Å². The number of hydrogen-bond acceptors (Lipinski definition) is 4. The van der Waals surface area contributed by atoms with E-state index in [9.17, 15) is 13.2 Å². The van der Waals surface area contributed by atoms with Gasteiger partial charge in [-0.2, -0.15) is 0 Å². The Kier molecular flexibility index (Phi) is 6.09. The van der Waals surface area contributed by atoms with Crippen molar-refractivity contribution in [2.75, 3.05) is 13.2 Å². The fraction of sp³-hybridized carbons (Fsp3) is 0.611. The topological polar surface area (TPSA) is 84.5 Å². The van der Waals surface area contributed by atoms with Crippen LogP contribution in [0, 0.1) is 0 Å². The summed E-state index contributed by atoms with van der Waals surface area (Å²) in [5.41, 5.74) is 0.380. The van der Waals surface area contributed by atoms with Crippen molar-refractivity contribution >= 4 is 15.9 Å². The molecule has 3 rings (SSSR count). The van der Waals surface area contributed by atoms with Crippen LogP contribution < -0.4 is 10.0 Å². The molecule has 1 atom stereocenters. The molecule has 2 aliphatic rings. The Morgan fingerprint density at radius 2 is 1.92 bits per heavy atom. The van der Waals surface area contributed by atoms with Gasteiger partial charge in [-0.15, -0.1) is 0 Å². The Bertz CT molecular complexity index is 693. The van der Waals surface area contributed by atoms with Crippen molar-refractivity contribution in [1.82, 2.24) is 10.0 Å². The molecule has 25 heavy (non-hydrogen) atoms. The van der Waals surface area contributed by atoms with Gasteiger partial charge in [0, 0.05) is 24.8 Å². The first kappa shape index (κ1) is 18.4. The molecule has 2 N–H and O–H groups in total. The normalized spacial score (nSPS) is 22.0. The highest BCUT2D eigenvalue weighted by atomic mass is 32.2. The zero-order chi connectivity index (χ0) is 17.7. The van der Waals surface area contributed by atoms with Crippen molar-refractivity contribution in [2.24, 2.45) is 0 Å². The average Bonchev–Trinajstić information content (AvgIpc) is 3.15. The number of amides is 1. The van der Waals surface area contributed by atoms with E-state index in [1.54, 1.807) is 12.1 Å².